The predicted octanol–water partition coefficient (Wildman–Crippen LogP) is 3.74. The fourth-order valence-electron chi connectivity index (χ4n) is 2.20. The van der Waals surface area contributed by atoms with Crippen LogP contribution in [0.4, 0.5) is 0 Å². The van der Waals surface area contributed by atoms with Crippen molar-refractivity contribution in [1.29, 1.82) is 0 Å². The fraction of sp³-hybridized carbons (Fsp3) is 0.875. The Morgan fingerprint density at radius 3 is 2.05 bits per heavy atom. The van der Waals surface area contributed by atoms with Crippen molar-refractivity contribution in [1.82, 2.24) is 5.32 Å². The van der Waals surface area contributed by atoms with Crippen LogP contribution in [0.1, 0.15) is 78.6 Å². The van der Waals surface area contributed by atoms with Crippen LogP contribution in [-0.4, -0.2) is 23.0 Å². The second kappa shape index (κ2) is 11.7. The molecule has 4 heteroatoms. The minimum absolute atomic E-state index is 0.133. The molecule has 4 nitrogen and oxygen atoms in total. The molecule has 2 N–H and O–H groups in total. The first-order chi connectivity index (χ1) is 9.47. The van der Waals surface area contributed by atoms with Crippen molar-refractivity contribution < 1.29 is 14.7 Å². The number of carbonyl (C=O) groups excluding carboxylic acids is 1. The zero-order chi connectivity index (χ0) is 15.4. The summed E-state index contributed by atoms with van der Waals surface area (Å²) in [7, 11) is 0. The van der Waals surface area contributed by atoms with Gasteiger partial charge in [-0.1, -0.05) is 59.3 Å². The number of aliphatic carboxylic acids is 1. The molecule has 1 atom stereocenters. The lowest BCUT2D eigenvalue weighted by molar-refractivity contribution is -0.142. The molecule has 0 aromatic carbocycles. The molecular weight excluding hydrogens is 254 g/mol. The number of amides is 1. The molecule has 0 aliphatic heterocycles. The number of hydrogen-bond acceptors (Lipinski definition) is 2. The molecule has 0 fully saturated rings. The largest absolute Gasteiger partial charge is 0.480 e. The average molecular weight is 285 g/mol. The molecule has 20 heavy (non-hydrogen) atoms. The van der Waals surface area contributed by atoms with Crippen molar-refractivity contribution in [2.24, 2.45) is 5.92 Å². The maximum Gasteiger partial charge on any atom is 0.326 e. The monoisotopic (exact) mass is 285 g/mol. The minimum Gasteiger partial charge on any atom is -0.480 e. The number of carbonyl (C=O) groups is 2. The first kappa shape index (κ1) is 18.9. The quantitative estimate of drug-likeness (QED) is 0.537. The highest BCUT2D eigenvalue weighted by Gasteiger charge is 2.20. The van der Waals surface area contributed by atoms with Gasteiger partial charge in [0.05, 0.1) is 0 Å². The first-order valence-electron chi connectivity index (χ1n) is 7.99. The van der Waals surface area contributed by atoms with Crippen molar-refractivity contribution in [3.05, 3.63) is 0 Å². The standard InChI is InChI=1S/C16H31NO3/c1-4-5-6-7-8-9-10-11-15(18)17-14(16(19)20)12-13(2)3/h13-14H,4-12H2,1-3H3,(H,17,18)(H,19,20). The van der Waals surface area contributed by atoms with Crippen LogP contribution in [0.3, 0.4) is 0 Å². The van der Waals surface area contributed by atoms with E-state index >= 15 is 0 Å². The van der Waals surface area contributed by atoms with E-state index in [2.05, 4.69) is 12.2 Å². The van der Waals surface area contributed by atoms with Crippen LogP contribution >= 0.6 is 0 Å². The Kier molecular flexibility index (Phi) is 11.1. The Morgan fingerprint density at radius 1 is 1.00 bits per heavy atom. The van der Waals surface area contributed by atoms with E-state index < -0.39 is 12.0 Å². The van der Waals surface area contributed by atoms with Gasteiger partial charge in [-0.2, -0.15) is 0 Å². The second-order valence-corrected chi connectivity index (χ2v) is 5.96. The van der Waals surface area contributed by atoms with Crippen LogP contribution in [0.2, 0.25) is 0 Å². The summed E-state index contributed by atoms with van der Waals surface area (Å²) < 4.78 is 0. The summed E-state index contributed by atoms with van der Waals surface area (Å²) in [6, 6.07) is -0.743. The fourth-order valence-corrected chi connectivity index (χ4v) is 2.20. The second-order valence-electron chi connectivity index (χ2n) is 5.96. The van der Waals surface area contributed by atoms with E-state index in [9.17, 15) is 9.59 Å². The summed E-state index contributed by atoms with van der Waals surface area (Å²) in [5, 5.41) is 11.7. The zero-order valence-corrected chi connectivity index (χ0v) is 13.3. The summed E-state index contributed by atoms with van der Waals surface area (Å²) >= 11 is 0. The lowest BCUT2D eigenvalue weighted by Gasteiger charge is -2.16. The third-order valence-corrected chi connectivity index (χ3v) is 3.35. The van der Waals surface area contributed by atoms with E-state index in [0.29, 0.717) is 12.8 Å². The average Bonchev–Trinajstić information content (AvgIpc) is 2.36. The van der Waals surface area contributed by atoms with E-state index in [0.717, 1.165) is 12.8 Å². The Labute approximate surface area is 123 Å². The molecular formula is C16H31NO3. The van der Waals surface area contributed by atoms with Crippen LogP contribution < -0.4 is 5.32 Å². The van der Waals surface area contributed by atoms with Gasteiger partial charge in [-0.25, -0.2) is 4.79 Å². The molecule has 0 saturated heterocycles. The molecule has 0 spiro atoms. The summed E-state index contributed by atoms with van der Waals surface area (Å²) in [5.41, 5.74) is 0. The lowest BCUT2D eigenvalue weighted by Crippen LogP contribution is -2.41. The molecule has 0 aromatic rings. The highest BCUT2D eigenvalue weighted by molar-refractivity contribution is 5.83. The molecule has 118 valence electrons. The summed E-state index contributed by atoms with van der Waals surface area (Å²) in [6.07, 6.45) is 9.05. The minimum atomic E-state index is -0.938. The Hall–Kier alpha value is -1.06. The van der Waals surface area contributed by atoms with Gasteiger partial charge in [0, 0.05) is 6.42 Å². The molecule has 1 amide bonds. The van der Waals surface area contributed by atoms with Crippen molar-refractivity contribution >= 4 is 11.9 Å². The van der Waals surface area contributed by atoms with Crippen LogP contribution in [0.25, 0.3) is 0 Å². The van der Waals surface area contributed by atoms with Crippen LogP contribution in [0, 0.1) is 5.92 Å². The maximum atomic E-state index is 11.7. The van der Waals surface area contributed by atoms with Gasteiger partial charge in [0.2, 0.25) is 5.91 Å². The van der Waals surface area contributed by atoms with Crippen LogP contribution in [0.15, 0.2) is 0 Å². The van der Waals surface area contributed by atoms with Crippen molar-refractivity contribution in [3.8, 4) is 0 Å². The van der Waals surface area contributed by atoms with E-state index in [1.54, 1.807) is 0 Å². The highest BCUT2D eigenvalue weighted by Crippen LogP contribution is 2.09. The van der Waals surface area contributed by atoms with Crippen molar-refractivity contribution in [2.45, 2.75) is 84.6 Å². The molecule has 0 radical (unpaired) electrons. The summed E-state index contributed by atoms with van der Waals surface area (Å²) in [4.78, 5) is 22.7. The first-order valence-corrected chi connectivity index (χ1v) is 7.99. The number of unbranched alkanes of at least 4 members (excludes halogenated alkanes) is 6. The van der Waals surface area contributed by atoms with Gasteiger partial charge in [0.15, 0.2) is 0 Å². The van der Waals surface area contributed by atoms with Crippen molar-refractivity contribution in [3.63, 3.8) is 0 Å². The molecule has 0 aliphatic rings. The SMILES string of the molecule is CCCCCCCCCC(=O)NC(CC(C)C)C(=O)O. The molecule has 0 aliphatic carbocycles. The Morgan fingerprint density at radius 2 is 1.55 bits per heavy atom. The predicted molar refractivity (Wildman–Crippen MR) is 81.6 cm³/mol. The van der Waals surface area contributed by atoms with Gasteiger partial charge in [0.1, 0.15) is 6.04 Å². The molecule has 1 unspecified atom stereocenters. The Balaban J connectivity index is 3.72. The number of carboxylic acids is 1. The van der Waals surface area contributed by atoms with E-state index in [1.807, 2.05) is 13.8 Å². The number of hydrogen-bond donors (Lipinski definition) is 2. The third kappa shape index (κ3) is 10.8. The zero-order valence-electron chi connectivity index (χ0n) is 13.3. The summed E-state index contributed by atoms with van der Waals surface area (Å²) in [5.74, 6) is -0.812. The van der Waals surface area contributed by atoms with E-state index in [1.165, 1.54) is 32.1 Å². The maximum absolute atomic E-state index is 11.7. The molecule has 0 aromatic heterocycles. The topological polar surface area (TPSA) is 66.4 Å². The number of nitrogens with one attached hydrogen (secondary N) is 1. The van der Waals surface area contributed by atoms with Gasteiger partial charge < -0.3 is 10.4 Å². The Bertz CT molecular complexity index is 277. The lowest BCUT2D eigenvalue weighted by atomic mass is 10.0. The van der Waals surface area contributed by atoms with Crippen LogP contribution in [0.5, 0.6) is 0 Å². The molecule has 0 bridgehead atoms. The van der Waals surface area contributed by atoms with Gasteiger partial charge in [-0.15, -0.1) is 0 Å². The van der Waals surface area contributed by atoms with E-state index in [4.69, 9.17) is 5.11 Å². The van der Waals surface area contributed by atoms with Crippen molar-refractivity contribution in [2.75, 3.05) is 0 Å². The number of carboxylic acid groups (broad SMARTS) is 1. The van der Waals surface area contributed by atoms with Gasteiger partial charge in [-0.3, -0.25) is 4.79 Å². The molecule has 0 saturated carbocycles. The van der Waals surface area contributed by atoms with Gasteiger partial charge >= 0.3 is 5.97 Å². The van der Waals surface area contributed by atoms with Gasteiger partial charge in [-0.05, 0) is 18.8 Å². The number of rotatable bonds is 12. The smallest absolute Gasteiger partial charge is 0.326 e. The van der Waals surface area contributed by atoms with Gasteiger partial charge in [0.25, 0.3) is 0 Å². The molecule has 0 rings (SSSR count). The third-order valence-electron chi connectivity index (χ3n) is 3.35. The highest BCUT2D eigenvalue weighted by atomic mass is 16.4. The summed E-state index contributed by atoms with van der Waals surface area (Å²) in [6.45, 7) is 6.11. The van der Waals surface area contributed by atoms with Crippen LogP contribution in [-0.2, 0) is 9.59 Å². The van der Waals surface area contributed by atoms with E-state index in [-0.39, 0.29) is 11.8 Å². The normalized spacial score (nSPS) is 12.4. The molecule has 0 heterocycles.